The number of nitrogens with one attached hydrogen (secondary N) is 1. The molecular formula is C21H25N3O6S. The molecule has 0 aliphatic carbocycles. The van der Waals surface area contributed by atoms with Gasteiger partial charge in [0.25, 0.3) is 5.69 Å². The number of hydrogen-bond donors (Lipinski definition) is 1. The Kier molecular flexibility index (Phi) is 6.61. The fraction of sp³-hybridized carbons (Fsp3) is 0.381. The van der Waals surface area contributed by atoms with Crippen LogP contribution < -0.4 is 10.1 Å². The van der Waals surface area contributed by atoms with Crippen molar-refractivity contribution in [2.24, 2.45) is 5.92 Å². The first-order valence-electron chi connectivity index (χ1n) is 9.84. The van der Waals surface area contributed by atoms with E-state index in [9.17, 15) is 23.3 Å². The van der Waals surface area contributed by atoms with Crippen LogP contribution in [-0.2, 0) is 14.8 Å². The van der Waals surface area contributed by atoms with Crippen LogP contribution in [0.4, 0.5) is 11.4 Å². The summed E-state index contributed by atoms with van der Waals surface area (Å²) in [5.41, 5.74) is 1.72. The summed E-state index contributed by atoms with van der Waals surface area (Å²) in [7, 11) is -2.37. The van der Waals surface area contributed by atoms with E-state index in [-0.39, 0.29) is 35.5 Å². The molecule has 1 N–H and O–H groups in total. The van der Waals surface area contributed by atoms with Crippen molar-refractivity contribution in [2.45, 2.75) is 31.6 Å². The maximum Gasteiger partial charge on any atom is 0.270 e. The maximum absolute atomic E-state index is 13.1. The second-order valence-corrected chi connectivity index (χ2v) is 9.48. The molecule has 166 valence electrons. The Bertz CT molecular complexity index is 1110. The van der Waals surface area contributed by atoms with Crippen LogP contribution in [0.3, 0.4) is 0 Å². The lowest BCUT2D eigenvalue weighted by Gasteiger charge is -2.31. The van der Waals surface area contributed by atoms with E-state index < -0.39 is 14.9 Å². The molecule has 9 nitrogen and oxygen atoms in total. The Morgan fingerprint density at radius 2 is 1.84 bits per heavy atom. The van der Waals surface area contributed by atoms with E-state index in [4.69, 9.17) is 4.74 Å². The lowest BCUT2D eigenvalue weighted by molar-refractivity contribution is -0.385. The molecule has 1 heterocycles. The SMILES string of the molecule is COc1ccc(C)cc1NC(=O)C1CCN(S(=O)(=O)c2cc([N+](=O)[O-])ccc2C)CC1. The molecule has 0 bridgehead atoms. The van der Waals surface area contributed by atoms with E-state index in [1.807, 2.05) is 19.1 Å². The zero-order valence-corrected chi connectivity index (χ0v) is 18.4. The zero-order chi connectivity index (χ0) is 22.8. The van der Waals surface area contributed by atoms with Crippen molar-refractivity contribution in [1.29, 1.82) is 0 Å². The molecule has 0 saturated carbocycles. The Balaban J connectivity index is 1.71. The highest BCUT2D eigenvalue weighted by molar-refractivity contribution is 7.89. The highest BCUT2D eigenvalue weighted by Crippen LogP contribution is 2.30. The average molecular weight is 448 g/mol. The van der Waals surface area contributed by atoms with Crippen molar-refractivity contribution in [2.75, 3.05) is 25.5 Å². The summed E-state index contributed by atoms with van der Waals surface area (Å²) >= 11 is 0. The molecule has 1 amide bonds. The molecule has 0 spiro atoms. The first kappa shape index (κ1) is 22.7. The van der Waals surface area contributed by atoms with Crippen molar-refractivity contribution >= 4 is 27.3 Å². The largest absolute Gasteiger partial charge is 0.495 e. The Hall–Kier alpha value is -2.98. The third-order valence-corrected chi connectivity index (χ3v) is 7.48. The van der Waals surface area contributed by atoms with E-state index >= 15 is 0 Å². The van der Waals surface area contributed by atoms with E-state index in [1.165, 1.54) is 23.5 Å². The lowest BCUT2D eigenvalue weighted by atomic mass is 9.97. The lowest BCUT2D eigenvalue weighted by Crippen LogP contribution is -2.41. The third-order valence-electron chi connectivity index (χ3n) is 5.44. The molecular weight excluding hydrogens is 422 g/mol. The maximum atomic E-state index is 13.1. The van der Waals surface area contributed by atoms with Crippen molar-refractivity contribution in [3.8, 4) is 5.75 Å². The summed E-state index contributed by atoms with van der Waals surface area (Å²) in [5, 5.41) is 13.9. The quantitative estimate of drug-likeness (QED) is 0.536. The van der Waals surface area contributed by atoms with Crippen LogP contribution in [0.25, 0.3) is 0 Å². The molecule has 1 saturated heterocycles. The minimum atomic E-state index is -3.90. The van der Waals surface area contributed by atoms with Gasteiger partial charge in [0.05, 0.1) is 22.6 Å². The van der Waals surface area contributed by atoms with Gasteiger partial charge in [0.2, 0.25) is 15.9 Å². The number of hydrogen-bond acceptors (Lipinski definition) is 6. The molecule has 31 heavy (non-hydrogen) atoms. The predicted molar refractivity (Wildman–Crippen MR) is 116 cm³/mol. The molecule has 3 rings (SSSR count). The fourth-order valence-corrected chi connectivity index (χ4v) is 5.35. The molecule has 0 atom stereocenters. The van der Waals surface area contributed by atoms with Crippen LogP contribution >= 0.6 is 0 Å². The third kappa shape index (κ3) is 4.86. The standard InChI is InChI=1S/C21H25N3O6S/c1-14-4-7-19(30-3)18(12-14)22-21(25)16-8-10-23(11-9-16)31(28,29)20-13-17(24(26)27)6-5-15(20)2/h4-7,12-13,16H,8-11H2,1-3H3,(H,22,25). The summed E-state index contributed by atoms with van der Waals surface area (Å²) in [4.78, 5) is 23.1. The summed E-state index contributed by atoms with van der Waals surface area (Å²) < 4.78 is 32.7. The van der Waals surface area contributed by atoms with E-state index in [0.29, 0.717) is 29.8 Å². The van der Waals surface area contributed by atoms with Gasteiger partial charge >= 0.3 is 0 Å². The number of piperidine rings is 1. The van der Waals surface area contributed by atoms with Crippen LogP contribution in [0, 0.1) is 29.9 Å². The van der Waals surface area contributed by atoms with Crippen LogP contribution in [0.2, 0.25) is 0 Å². The van der Waals surface area contributed by atoms with Crippen molar-refractivity contribution in [3.05, 3.63) is 57.6 Å². The number of sulfonamides is 1. The van der Waals surface area contributed by atoms with Gasteiger partial charge in [0.1, 0.15) is 5.75 Å². The number of non-ortho nitro benzene ring substituents is 1. The van der Waals surface area contributed by atoms with Gasteiger partial charge in [-0.2, -0.15) is 4.31 Å². The second-order valence-electron chi connectivity index (χ2n) is 7.58. The zero-order valence-electron chi connectivity index (χ0n) is 17.6. The average Bonchev–Trinajstić information content (AvgIpc) is 2.74. The first-order valence-corrected chi connectivity index (χ1v) is 11.3. The van der Waals surface area contributed by atoms with Gasteiger partial charge in [-0.3, -0.25) is 14.9 Å². The summed E-state index contributed by atoms with van der Waals surface area (Å²) in [6.45, 7) is 3.83. The number of rotatable bonds is 6. The van der Waals surface area contributed by atoms with Crippen molar-refractivity contribution in [1.82, 2.24) is 4.31 Å². The number of aryl methyl sites for hydroxylation is 2. The molecule has 2 aromatic rings. The number of carbonyl (C=O) groups is 1. The Morgan fingerprint density at radius 3 is 2.45 bits per heavy atom. The van der Waals surface area contributed by atoms with Gasteiger partial charge in [-0.05, 0) is 49.9 Å². The van der Waals surface area contributed by atoms with Gasteiger partial charge in [-0.15, -0.1) is 0 Å². The van der Waals surface area contributed by atoms with Gasteiger partial charge in [0, 0.05) is 31.1 Å². The monoisotopic (exact) mass is 447 g/mol. The number of amides is 1. The fourth-order valence-electron chi connectivity index (χ4n) is 3.63. The normalized spacial score (nSPS) is 15.5. The number of nitro benzene ring substituents is 1. The summed E-state index contributed by atoms with van der Waals surface area (Å²) in [6, 6.07) is 9.29. The molecule has 1 aliphatic rings. The molecule has 1 fully saturated rings. The van der Waals surface area contributed by atoms with E-state index in [1.54, 1.807) is 13.0 Å². The highest BCUT2D eigenvalue weighted by atomic mass is 32.2. The molecule has 0 radical (unpaired) electrons. The Morgan fingerprint density at radius 1 is 1.16 bits per heavy atom. The van der Waals surface area contributed by atoms with Gasteiger partial charge in [-0.1, -0.05) is 12.1 Å². The van der Waals surface area contributed by atoms with Crippen LogP contribution in [0.1, 0.15) is 24.0 Å². The van der Waals surface area contributed by atoms with Crippen LogP contribution in [0.5, 0.6) is 5.75 Å². The van der Waals surface area contributed by atoms with Gasteiger partial charge < -0.3 is 10.1 Å². The van der Waals surface area contributed by atoms with Gasteiger partial charge in [0.15, 0.2) is 0 Å². The minimum absolute atomic E-state index is 0.0749. The Labute approximate surface area is 181 Å². The summed E-state index contributed by atoms with van der Waals surface area (Å²) in [5.74, 6) is 0.0236. The number of anilines is 1. The number of methoxy groups -OCH3 is 1. The molecule has 2 aromatic carbocycles. The van der Waals surface area contributed by atoms with Crippen molar-refractivity contribution in [3.63, 3.8) is 0 Å². The van der Waals surface area contributed by atoms with Gasteiger partial charge in [-0.25, -0.2) is 8.42 Å². The summed E-state index contributed by atoms with van der Waals surface area (Å²) in [6.07, 6.45) is 0.709. The number of ether oxygens (including phenoxy) is 1. The molecule has 1 aliphatic heterocycles. The topological polar surface area (TPSA) is 119 Å². The predicted octanol–water partition coefficient (Wildman–Crippen LogP) is 3.26. The molecule has 0 unspecified atom stereocenters. The smallest absolute Gasteiger partial charge is 0.270 e. The number of benzene rings is 2. The first-order chi connectivity index (χ1) is 14.6. The minimum Gasteiger partial charge on any atom is -0.495 e. The van der Waals surface area contributed by atoms with E-state index in [2.05, 4.69) is 5.32 Å². The van der Waals surface area contributed by atoms with Crippen LogP contribution in [0.15, 0.2) is 41.3 Å². The number of nitro groups is 1. The number of nitrogens with zero attached hydrogens (tertiary/aromatic N) is 2. The van der Waals surface area contributed by atoms with Crippen molar-refractivity contribution < 1.29 is 22.9 Å². The highest BCUT2D eigenvalue weighted by Gasteiger charge is 2.33. The second kappa shape index (κ2) is 9.03. The number of carbonyl (C=O) groups excluding carboxylic acids is 1. The molecule has 0 aromatic heterocycles. The molecule has 10 heteroatoms. The van der Waals surface area contributed by atoms with E-state index in [0.717, 1.165) is 11.6 Å². The van der Waals surface area contributed by atoms with Crippen LogP contribution in [-0.4, -0.2) is 43.8 Å².